The van der Waals surface area contributed by atoms with Crippen molar-refractivity contribution in [2.24, 2.45) is 16.7 Å². The summed E-state index contributed by atoms with van der Waals surface area (Å²) in [6.45, 7) is 4.09. The lowest BCUT2D eigenvalue weighted by molar-refractivity contribution is -0.157. The second-order valence-corrected chi connectivity index (χ2v) is 7.07. The van der Waals surface area contributed by atoms with E-state index in [1.807, 2.05) is 0 Å². The minimum atomic E-state index is -4.62. The molecule has 1 fully saturated rings. The summed E-state index contributed by atoms with van der Waals surface area (Å²) < 4.78 is 31.6. The molecule has 1 rings (SSSR count). The zero-order chi connectivity index (χ0) is 14.5. The van der Waals surface area contributed by atoms with Crippen LogP contribution in [0.4, 0.5) is 0 Å². The van der Waals surface area contributed by atoms with E-state index in [2.05, 4.69) is 0 Å². The van der Waals surface area contributed by atoms with E-state index in [9.17, 15) is 23.1 Å². The molecule has 0 heterocycles. The summed E-state index contributed by atoms with van der Waals surface area (Å²) in [5.74, 6) is -4.16. The molecule has 1 saturated carbocycles. The largest absolute Gasteiger partial charge is 0.481 e. The minimum Gasteiger partial charge on any atom is -0.481 e. The second-order valence-electron chi connectivity index (χ2n) is 5.43. The van der Waals surface area contributed by atoms with Gasteiger partial charge in [0.2, 0.25) is 0 Å². The molecule has 0 radical (unpaired) electrons. The Balaban J connectivity index is 3.46. The maximum atomic E-state index is 11.3. The summed E-state index contributed by atoms with van der Waals surface area (Å²) in [6.07, 6.45) is -0.425. The van der Waals surface area contributed by atoms with Gasteiger partial charge < -0.3 is 10.2 Å². The summed E-state index contributed by atoms with van der Waals surface area (Å²) >= 11 is 0. The third kappa shape index (κ3) is 1.89. The van der Waals surface area contributed by atoms with Crippen LogP contribution in [0.5, 0.6) is 0 Å². The van der Waals surface area contributed by atoms with Crippen LogP contribution in [0.3, 0.4) is 0 Å². The molecular weight excluding hydrogens is 264 g/mol. The Bertz CT molecular complexity index is 492. The van der Waals surface area contributed by atoms with E-state index in [4.69, 9.17) is 9.66 Å². The molecular formula is C10H16O7S. The number of hydrogen-bond donors (Lipinski definition) is 3. The van der Waals surface area contributed by atoms with Crippen molar-refractivity contribution in [2.45, 2.75) is 32.4 Å². The van der Waals surface area contributed by atoms with Gasteiger partial charge in [0.05, 0.1) is 11.3 Å². The SMILES string of the molecule is CC1(C(=O)O)CC(S(=O)(=O)O)C(C(=O)O)C1(C)C. The Morgan fingerprint density at radius 3 is 1.83 bits per heavy atom. The standard InChI is InChI=1S/C10H16O7S/c1-9(2)6(7(11)12)5(18(15,16)17)4-10(9,3)8(13)14/h5-6H,4H2,1-3H3,(H,11,12)(H,13,14)(H,15,16,17). The van der Waals surface area contributed by atoms with Crippen molar-refractivity contribution in [3.8, 4) is 0 Å². The molecule has 3 atom stereocenters. The van der Waals surface area contributed by atoms with E-state index in [-0.39, 0.29) is 0 Å². The van der Waals surface area contributed by atoms with Crippen molar-refractivity contribution in [1.82, 2.24) is 0 Å². The fourth-order valence-corrected chi connectivity index (χ4v) is 4.04. The van der Waals surface area contributed by atoms with E-state index in [1.54, 1.807) is 0 Å². The number of carboxylic acid groups (broad SMARTS) is 2. The summed E-state index contributed by atoms with van der Waals surface area (Å²) in [6, 6.07) is 0. The van der Waals surface area contributed by atoms with E-state index >= 15 is 0 Å². The molecule has 7 nitrogen and oxygen atoms in total. The zero-order valence-corrected chi connectivity index (χ0v) is 11.1. The quantitative estimate of drug-likeness (QED) is 0.640. The van der Waals surface area contributed by atoms with E-state index < -0.39 is 50.5 Å². The molecule has 0 aromatic carbocycles. The maximum absolute atomic E-state index is 11.3. The van der Waals surface area contributed by atoms with Gasteiger partial charge in [-0.1, -0.05) is 13.8 Å². The van der Waals surface area contributed by atoms with Crippen molar-refractivity contribution in [2.75, 3.05) is 0 Å². The maximum Gasteiger partial charge on any atom is 0.309 e. The number of aliphatic carboxylic acids is 2. The fraction of sp³-hybridized carbons (Fsp3) is 0.800. The van der Waals surface area contributed by atoms with Gasteiger partial charge >= 0.3 is 11.9 Å². The first-order valence-electron chi connectivity index (χ1n) is 5.28. The zero-order valence-electron chi connectivity index (χ0n) is 10.2. The van der Waals surface area contributed by atoms with Gasteiger partial charge in [0.15, 0.2) is 0 Å². The highest BCUT2D eigenvalue weighted by Crippen LogP contribution is 2.57. The first kappa shape index (κ1) is 14.9. The normalized spacial score (nSPS) is 35.3. The predicted molar refractivity (Wildman–Crippen MR) is 60.6 cm³/mol. The highest BCUT2D eigenvalue weighted by atomic mass is 32.2. The van der Waals surface area contributed by atoms with Crippen LogP contribution in [-0.4, -0.2) is 40.4 Å². The molecule has 0 saturated heterocycles. The Morgan fingerprint density at radius 2 is 1.61 bits per heavy atom. The molecule has 0 amide bonds. The van der Waals surface area contributed by atoms with E-state index in [1.165, 1.54) is 20.8 Å². The number of rotatable bonds is 3. The van der Waals surface area contributed by atoms with Crippen molar-refractivity contribution >= 4 is 22.1 Å². The Morgan fingerprint density at radius 1 is 1.17 bits per heavy atom. The molecule has 1 aliphatic carbocycles. The smallest absolute Gasteiger partial charge is 0.309 e. The Hall–Kier alpha value is -1.15. The average Bonchev–Trinajstić information content (AvgIpc) is 2.34. The van der Waals surface area contributed by atoms with Crippen LogP contribution in [0, 0.1) is 16.7 Å². The van der Waals surface area contributed by atoms with Crippen LogP contribution in [0.2, 0.25) is 0 Å². The summed E-state index contributed by atoms with van der Waals surface area (Å²) in [7, 11) is -4.62. The molecule has 0 spiro atoms. The van der Waals surface area contributed by atoms with Crippen molar-refractivity contribution in [1.29, 1.82) is 0 Å². The summed E-state index contributed by atoms with van der Waals surface area (Å²) in [4.78, 5) is 22.5. The Kier molecular flexibility index (Phi) is 3.25. The van der Waals surface area contributed by atoms with Crippen LogP contribution in [-0.2, 0) is 19.7 Å². The van der Waals surface area contributed by atoms with Gasteiger partial charge in [-0.15, -0.1) is 0 Å². The van der Waals surface area contributed by atoms with Crippen LogP contribution in [0.15, 0.2) is 0 Å². The van der Waals surface area contributed by atoms with E-state index in [0.29, 0.717) is 0 Å². The molecule has 3 unspecified atom stereocenters. The van der Waals surface area contributed by atoms with E-state index in [0.717, 1.165) is 0 Å². The monoisotopic (exact) mass is 280 g/mol. The van der Waals surface area contributed by atoms with Gasteiger partial charge in [-0.3, -0.25) is 14.1 Å². The molecule has 8 heteroatoms. The lowest BCUT2D eigenvalue weighted by Crippen LogP contribution is -2.43. The number of carbonyl (C=O) groups is 2. The van der Waals surface area contributed by atoms with Crippen molar-refractivity contribution in [3.63, 3.8) is 0 Å². The molecule has 1 aliphatic rings. The van der Waals surface area contributed by atoms with Gasteiger partial charge in [0, 0.05) is 0 Å². The minimum absolute atomic E-state index is 0.425. The van der Waals surface area contributed by atoms with Gasteiger partial charge in [-0.2, -0.15) is 8.42 Å². The third-order valence-corrected chi connectivity index (χ3v) is 5.51. The predicted octanol–water partition coefficient (Wildman–Crippen LogP) is 0.464. The highest BCUT2D eigenvalue weighted by molar-refractivity contribution is 7.86. The lowest BCUT2D eigenvalue weighted by Gasteiger charge is -2.36. The van der Waals surface area contributed by atoms with Crippen LogP contribution in [0.25, 0.3) is 0 Å². The van der Waals surface area contributed by atoms with Crippen LogP contribution >= 0.6 is 0 Å². The van der Waals surface area contributed by atoms with Crippen molar-refractivity contribution < 1.29 is 32.8 Å². The van der Waals surface area contributed by atoms with Gasteiger partial charge in [-0.05, 0) is 18.8 Å². The molecule has 0 aromatic rings. The first-order valence-corrected chi connectivity index (χ1v) is 6.78. The second kappa shape index (κ2) is 3.92. The topological polar surface area (TPSA) is 129 Å². The average molecular weight is 280 g/mol. The summed E-state index contributed by atoms with van der Waals surface area (Å²) in [5.41, 5.74) is -2.83. The third-order valence-electron chi connectivity index (χ3n) is 4.30. The fourth-order valence-electron chi connectivity index (χ4n) is 2.70. The molecule has 0 aromatic heterocycles. The van der Waals surface area contributed by atoms with Gasteiger partial charge in [0.1, 0.15) is 5.25 Å². The highest BCUT2D eigenvalue weighted by Gasteiger charge is 2.65. The molecule has 18 heavy (non-hydrogen) atoms. The first-order chi connectivity index (χ1) is 7.85. The molecule has 3 N–H and O–H groups in total. The van der Waals surface area contributed by atoms with Crippen LogP contribution in [0.1, 0.15) is 27.2 Å². The molecule has 104 valence electrons. The van der Waals surface area contributed by atoms with Gasteiger partial charge in [0.25, 0.3) is 10.1 Å². The molecule has 0 bridgehead atoms. The molecule has 0 aliphatic heterocycles. The number of hydrogen-bond acceptors (Lipinski definition) is 4. The summed E-state index contributed by atoms with van der Waals surface area (Å²) in [5, 5.41) is 16.7. The van der Waals surface area contributed by atoms with Crippen LogP contribution < -0.4 is 0 Å². The van der Waals surface area contributed by atoms with Crippen molar-refractivity contribution in [3.05, 3.63) is 0 Å². The lowest BCUT2D eigenvalue weighted by atomic mass is 9.66. The Labute approximate surface area is 105 Å². The number of carboxylic acids is 2. The van der Waals surface area contributed by atoms with Gasteiger partial charge in [-0.25, -0.2) is 0 Å².